The van der Waals surface area contributed by atoms with Crippen LogP contribution in [0.4, 0.5) is 0 Å². The van der Waals surface area contributed by atoms with Gasteiger partial charge >= 0.3 is 0 Å². The number of fused-ring (bicyclic) bond motifs is 1. The van der Waals surface area contributed by atoms with Crippen molar-refractivity contribution in [1.82, 2.24) is 9.88 Å². The minimum atomic E-state index is 0.107. The zero-order valence-electron chi connectivity index (χ0n) is 9.37. The van der Waals surface area contributed by atoms with E-state index in [9.17, 15) is 4.79 Å². The minimum Gasteiger partial charge on any atom is -0.360 e. The molecule has 1 aromatic heterocycles. The van der Waals surface area contributed by atoms with E-state index in [0.29, 0.717) is 5.02 Å². The number of carbonyl (C=O) groups excluding carboxylic acids is 1. The van der Waals surface area contributed by atoms with E-state index in [-0.39, 0.29) is 5.91 Å². The van der Waals surface area contributed by atoms with Crippen LogP contribution in [-0.4, -0.2) is 28.9 Å². The average Bonchev–Trinajstić information content (AvgIpc) is 2.97. The molecule has 0 spiro atoms. The van der Waals surface area contributed by atoms with E-state index >= 15 is 0 Å². The van der Waals surface area contributed by atoms with Gasteiger partial charge in [-0.05, 0) is 31.0 Å². The molecule has 0 radical (unpaired) electrons. The molecule has 1 amide bonds. The second kappa shape index (κ2) is 4.08. The minimum absolute atomic E-state index is 0.107. The van der Waals surface area contributed by atoms with E-state index in [2.05, 4.69) is 4.98 Å². The number of amides is 1. The zero-order chi connectivity index (χ0) is 11.8. The molecule has 0 unspecified atom stereocenters. The predicted octanol–water partition coefficient (Wildman–Crippen LogP) is 3.06. The monoisotopic (exact) mass is 248 g/mol. The average molecular weight is 249 g/mol. The van der Waals surface area contributed by atoms with E-state index < -0.39 is 0 Å². The van der Waals surface area contributed by atoms with Crippen LogP contribution in [0.25, 0.3) is 10.9 Å². The lowest BCUT2D eigenvalue weighted by atomic mass is 10.1. The summed E-state index contributed by atoms with van der Waals surface area (Å²) in [5, 5.41) is 1.57. The van der Waals surface area contributed by atoms with Crippen LogP contribution in [0.5, 0.6) is 0 Å². The van der Waals surface area contributed by atoms with Crippen LogP contribution >= 0.6 is 11.6 Å². The number of hydrogen-bond donors (Lipinski definition) is 1. The van der Waals surface area contributed by atoms with Gasteiger partial charge in [0.05, 0.1) is 5.56 Å². The number of rotatable bonds is 1. The number of aromatic nitrogens is 1. The van der Waals surface area contributed by atoms with Crippen molar-refractivity contribution >= 4 is 28.4 Å². The Balaban J connectivity index is 2.04. The number of likely N-dealkylation sites (tertiary alicyclic amines) is 1. The Bertz CT molecular complexity index is 570. The van der Waals surface area contributed by atoms with Gasteiger partial charge in [0.15, 0.2) is 0 Å². The number of carbonyl (C=O) groups is 1. The van der Waals surface area contributed by atoms with E-state index in [1.54, 1.807) is 6.20 Å². The van der Waals surface area contributed by atoms with Gasteiger partial charge in [-0.1, -0.05) is 11.6 Å². The number of nitrogens with one attached hydrogen (secondary N) is 1. The molecule has 0 bridgehead atoms. The number of nitrogens with zero attached hydrogens (tertiary/aromatic N) is 1. The number of benzene rings is 1. The number of aromatic amines is 1. The predicted molar refractivity (Wildman–Crippen MR) is 68.4 cm³/mol. The summed E-state index contributed by atoms with van der Waals surface area (Å²) in [5.41, 5.74) is 1.68. The Morgan fingerprint density at radius 3 is 2.82 bits per heavy atom. The molecule has 0 saturated carbocycles. The Labute approximate surface area is 104 Å². The molecule has 1 N–H and O–H groups in total. The highest BCUT2D eigenvalue weighted by Crippen LogP contribution is 2.24. The zero-order valence-corrected chi connectivity index (χ0v) is 10.1. The quantitative estimate of drug-likeness (QED) is 0.827. The first-order valence-electron chi connectivity index (χ1n) is 5.81. The third-order valence-electron chi connectivity index (χ3n) is 3.27. The largest absolute Gasteiger partial charge is 0.360 e. The van der Waals surface area contributed by atoms with Gasteiger partial charge in [0.25, 0.3) is 5.91 Å². The van der Waals surface area contributed by atoms with E-state index in [1.807, 2.05) is 23.1 Å². The van der Waals surface area contributed by atoms with Gasteiger partial charge < -0.3 is 9.88 Å². The third kappa shape index (κ3) is 1.80. The molecule has 2 heterocycles. The highest BCUT2D eigenvalue weighted by Gasteiger charge is 2.21. The van der Waals surface area contributed by atoms with Gasteiger partial charge in [0.2, 0.25) is 0 Å². The van der Waals surface area contributed by atoms with Crippen LogP contribution < -0.4 is 0 Å². The molecule has 88 valence electrons. The molecule has 1 aliphatic heterocycles. The van der Waals surface area contributed by atoms with Gasteiger partial charge in [0, 0.05) is 35.2 Å². The van der Waals surface area contributed by atoms with Crippen molar-refractivity contribution in [3.05, 3.63) is 35.0 Å². The van der Waals surface area contributed by atoms with Gasteiger partial charge in [-0.25, -0.2) is 0 Å². The van der Waals surface area contributed by atoms with Crippen LogP contribution in [0.3, 0.4) is 0 Å². The first-order chi connectivity index (χ1) is 8.25. The molecule has 17 heavy (non-hydrogen) atoms. The van der Waals surface area contributed by atoms with E-state index in [0.717, 1.165) is 42.4 Å². The summed E-state index contributed by atoms with van der Waals surface area (Å²) in [7, 11) is 0. The summed E-state index contributed by atoms with van der Waals surface area (Å²) in [6.45, 7) is 1.73. The van der Waals surface area contributed by atoms with E-state index in [1.165, 1.54) is 0 Å². The molecular weight excluding hydrogens is 236 g/mol. The summed E-state index contributed by atoms with van der Waals surface area (Å²) in [6, 6.07) is 5.57. The Morgan fingerprint density at radius 1 is 1.29 bits per heavy atom. The maximum Gasteiger partial charge on any atom is 0.256 e. The Hall–Kier alpha value is -1.48. The van der Waals surface area contributed by atoms with Gasteiger partial charge in [0.1, 0.15) is 0 Å². The van der Waals surface area contributed by atoms with Crippen molar-refractivity contribution < 1.29 is 4.79 Å². The lowest BCUT2D eigenvalue weighted by Gasteiger charge is -2.14. The highest BCUT2D eigenvalue weighted by molar-refractivity contribution is 6.31. The van der Waals surface area contributed by atoms with Crippen LogP contribution in [0.1, 0.15) is 23.2 Å². The van der Waals surface area contributed by atoms with Crippen molar-refractivity contribution in [1.29, 1.82) is 0 Å². The third-order valence-corrected chi connectivity index (χ3v) is 3.50. The lowest BCUT2D eigenvalue weighted by Crippen LogP contribution is -2.27. The first kappa shape index (κ1) is 10.7. The maximum absolute atomic E-state index is 12.3. The topological polar surface area (TPSA) is 36.1 Å². The fourth-order valence-corrected chi connectivity index (χ4v) is 2.53. The van der Waals surface area contributed by atoms with Gasteiger partial charge in [-0.3, -0.25) is 4.79 Å². The molecule has 3 nitrogen and oxygen atoms in total. The number of hydrogen-bond acceptors (Lipinski definition) is 1. The van der Waals surface area contributed by atoms with Crippen molar-refractivity contribution in [2.75, 3.05) is 13.1 Å². The molecule has 1 aliphatic rings. The van der Waals surface area contributed by atoms with Crippen molar-refractivity contribution in [3.8, 4) is 0 Å². The van der Waals surface area contributed by atoms with Crippen molar-refractivity contribution in [2.24, 2.45) is 0 Å². The van der Waals surface area contributed by atoms with Gasteiger partial charge in [-0.2, -0.15) is 0 Å². The summed E-state index contributed by atoms with van der Waals surface area (Å²) < 4.78 is 0. The van der Waals surface area contributed by atoms with E-state index in [4.69, 9.17) is 11.6 Å². The van der Waals surface area contributed by atoms with Gasteiger partial charge in [-0.15, -0.1) is 0 Å². The standard InChI is InChI=1S/C13H13ClN2O/c14-9-3-4-12-10(7-9)11(8-15-12)13(17)16-5-1-2-6-16/h3-4,7-8,15H,1-2,5-6H2. The fourth-order valence-electron chi connectivity index (χ4n) is 2.36. The molecule has 0 atom stereocenters. The molecule has 1 aromatic carbocycles. The summed E-state index contributed by atoms with van der Waals surface area (Å²) >= 11 is 5.97. The molecule has 3 rings (SSSR count). The fraction of sp³-hybridized carbons (Fsp3) is 0.308. The lowest BCUT2D eigenvalue weighted by molar-refractivity contribution is 0.0795. The molecule has 1 saturated heterocycles. The summed E-state index contributed by atoms with van der Waals surface area (Å²) in [6.07, 6.45) is 3.99. The van der Waals surface area contributed by atoms with Crippen LogP contribution in [0, 0.1) is 0 Å². The smallest absolute Gasteiger partial charge is 0.256 e. The van der Waals surface area contributed by atoms with Crippen LogP contribution in [-0.2, 0) is 0 Å². The molecule has 4 heteroatoms. The van der Waals surface area contributed by atoms with Crippen molar-refractivity contribution in [3.63, 3.8) is 0 Å². The molecule has 2 aromatic rings. The maximum atomic E-state index is 12.3. The first-order valence-corrected chi connectivity index (χ1v) is 6.19. The normalized spacial score (nSPS) is 15.7. The Morgan fingerprint density at radius 2 is 2.06 bits per heavy atom. The molecule has 1 fully saturated rings. The van der Waals surface area contributed by atoms with Crippen LogP contribution in [0.15, 0.2) is 24.4 Å². The molecular formula is C13H13ClN2O. The summed E-state index contributed by atoms with van der Waals surface area (Å²) in [5.74, 6) is 0.107. The Kier molecular flexibility index (Phi) is 2.56. The van der Waals surface area contributed by atoms with Crippen LogP contribution in [0.2, 0.25) is 5.02 Å². The second-order valence-electron chi connectivity index (χ2n) is 4.39. The molecule has 0 aliphatic carbocycles. The number of H-pyrrole nitrogens is 1. The highest BCUT2D eigenvalue weighted by atomic mass is 35.5. The second-order valence-corrected chi connectivity index (χ2v) is 4.83. The number of halogens is 1. The van der Waals surface area contributed by atoms with Crippen molar-refractivity contribution in [2.45, 2.75) is 12.8 Å². The SMILES string of the molecule is O=C(c1c[nH]c2ccc(Cl)cc12)N1CCCC1. The summed E-state index contributed by atoms with van der Waals surface area (Å²) in [4.78, 5) is 17.3.